The van der Waals surface area contributed by atoms with E-state index in [9.17, 15) is 9.59 Å². The lowest BCUT2D eigenvalue weighted by atomic mass is 9.98. The van der Waals surface area contributed by atoms with Crippen molar-refractivity contribution in [2.75, 3.05) is 11.9 Å². The van der Waals surface area contributed by atoms with Crippen LogP contribution in [0.15, 0.2) is 24.3 Å². The van der Waals surface area contributed by atoms with Crippen LogP contribution in [-0.2, 0) is 9.59 Å². The number of aliphatic carboxylic acids is 1. The van der Waals surface area contributed by atoms with Gasteiger partial charge in [-0.2, -0.15) is 0 Å². The Kier molecular flexibility index (Phi) is 7.46. The molecule has 0 bridgehead atoms. The summed E-state index contributed by atoms with van der Waals surface area (Å²) in [6, 6.07) is 7.34. The van der Waals surface area contributed by atoms with Gasteiger partial charge in [0.25, 0.3) is 0 Å². The number of anilines is 1. The number of carbonyl (C=O) groups is 2. The number of hydrogen-bond donors (Lipinski definition) is 3. The lowest BCUT2D eigenvalue weighted by molar-refractivity contribution is -0.137. The molecule has 1 atom stereocenters. The van der Waals surface area contributed by atoms with Gasteiger partial charge in [0.2, 0.25) is 5.91 Å². The maximum Gasteiger partial charge on any atom is 0.303 e. The molecule has 0 radical (unpaired) electrons. The summed E-state index contributed by atoms with van der Waals surface area (Å²) in [6.07, 6.45) is 3.36. The summed E-state index contributed by atoms with van der Waals surface area (Å²) in [6.45, 7) is 2.54. The summed E-state index contributed by atoms with van der Waals surface area (Å²) in [5.74, 6) is -0.848. The number of carboxylic acids is 1. The van der Waals surface area contributed by atoms with E-state index < -0.39 is 5.97 Å². The van der Waals surface area contributed by atoms with Crippen LogP contribution in [0.5, 0.6) is 0 Å². The highest BCUT2D eigenvalue weighted by molar-refractivity contribution is 5.90. The minimum absolute atomic E-state index is 0.00152. The summed E-state index contributed by atoms with van der Waals surface area (Å²) < 4.78 is 0. The summed E-state index contributed by atoms with van der Waals surface area (Å²) >= 11 is 0. The van der Waals surface area contributed by atoms with Crippen molar-refractivity contribution in [3.05, 3.63) is 29.8 Å². The molecular weight excluding hydrogens is 268 g/mol. The summed E-state index contributed by atoms with van der Waals surface area (Å²) in [7, 11) is 0. The molecule has 0 saturated carbocycles. The molecule has 1 unspecified atom stereocenters. The minimum atomic E-state index is -0.808. The number of amides is 1. The second kappa shape index (κ2) is 9.13. The monoisotopic (exact) mass is 292 g/mol. The van der Waals surface area contributed by atoms with Crippen molar-refractivity contribution in [3.8, 4) is 0 Å². The summed E-state index contributed by atoms with van der Waals surface area (Å²) in [4.78, 5) is 22.4. The predicted molar refractivity (Wildman–Crippen MR) is 83.3 cm³/mol. The topological polar surface area (TPSA) is 92.4 Å². The molecule has 0 spiro atoms. The first kappa shape index (κ1) is 17.2. The number of carbonyl (C=O) groups excluding carboxylic acids is 1. The third-order valence-corrected chi connectivity index (χ3v) is 3.35. The Morgan fingerprint density at radius 3 is 2.43 bits per heavy atom. The van der Waals surface area contributed by atoms with E-state index >= 15 is 0 Å². The van der Waals surface area contributed by atoms with Gasteiger partial charge in [0.05, 0.1) is 6.42 Å². The van der Waals surface area contributed by atoms with Gasteiger partial charge in [-0.1, -0.05) is 25.5 Å². The van der Waals surface area contributed by atoms with Crippen molar-refractivity contribution in [3.63, 3.8) is 0 Å². The molecule has 1 rings (SSSR count). The molecule has 0 aliphatic carbocycles. The number of unbranched alkanes of at least 4 members (excludes halogenated alkanes) is 2. The zero-order chi connectivity index (χ0) is 15.7. The third-order valence-electron chi connectivity index (χ3n) is 3.35. The second-order valence-electron chi connectivity index (χ2n) is 5.27. The fraction of sp³-hybridized carbons (Fsp3) is 0.500. The van der Waals surface area contributed by atoms with Crippen LogP contribution in [0.1, 0.15) is 50.5 Å². The fourth-order valence-electron chi connectivity index (χ4n) is 2.10. The molecule has 5 nitrogen and oxygen atoms in total. The highest BCUT2D eigenvalue weighted by Gasteiger charge is 2.10. The van der Waals surface area contributed by atoms with Crippen LogP contribution in [0.25, 0.3) is 0 Å². The first-order chi connectivity index (χ1) is 10.0. The van der Waals surface area contributed by atoms with Gasteiger partial charge in [0.1, 0.15) is 0 Å². The van der Waals surface area contributed by atoms with E-state index in [1.807, 2.05) is 31.2 Å². The van der Waals surface area contributed by atoms with Crippen LogP contribution in [0, 0.1) is 0 Å². The van der Waals surface area contributed by atoms with Crippen molar-refractivity contribution in [2.45, 2.75) is 44.9 Å². The van der Waals surface area contributed by atoms with Crippen LogP contribution in [-0.4, -0.2) is 23.5 Å². The molecule has 1 amide bonds. The van der Waals surface area contributed by atoms with Crippen molar-refractivity contribution < 1.29 is 14.7 Å². The van der Waals surface area contributed by atoms with E-state index in [0.717, 1.165) is 30.5 Å². The minimum Gasteiger partial charge on any atom is -0.481 e. The van der Waals surface area contributed by atoms with Gasteiger partial charge in [0, 0.05) is 12.1 Å². The van der Waals surface area contributed by atoms with Gasteiger partial charge in [-0.05, 0) is 43.0 Å². The number of benzene rings is 1. The molecule has 0 saturated heterocycles. The standard InChI is InChI=1S/C16H24N2O3/c1-12(11-16(20)21)13-6-8-14(9-7-13)18-15(19)5-3-2-4-10-17/h6-9,12H,2-5,10-11,17H2,1H3,(H,18,19)(H,20,21). The maximum atomic E-state index is 11.7. The van der Waals surface area contributed by atoms with Gasteiger partial charge in [-0.3, -0.25) is 9.59 Å². The Labute approximate surface area is 125 Å². The molecule has 0 aliphatic rings. The summed E-state index contributed by atoms with van der Waals surface area (Å²) in [5, 5.41) is 11.6. The van der Waals surface area contributed by atoms with E-state index in [-0.39, 0.29) is 18.2 Å². The van der Waals surface area contributed by atoms with E-state index in [0.29, 0.717) is 13.0 Å². The molecule has 1 aromatic rings. The van der Waals surface area contributed by atoms with Crippen LogP contribution in [0.2, 0.25) is 0 Å². The molecule has 5 heteroatoms. The second-order valence-corrected chi connectivity index (χ2v) is 5.27. The van der Waals surface area contributed by atoms with E-state index in [4.69, 9.17) is 10.8 Å². The molecule has 0 aromatic heterocycles. The molecule has 21 heavy (non-hydrogen) atoms. The zero-order valence-electron chi connectivity index (χ0n) is 12.5. The Bertz CT molecular complexity index is 457. The normalized spacial score (nSPS) is 11.9. The van der Waals surface area contributed by atoms with E-state index in [1.165, 1.54) is 0 Å². The number of nitrogens with two attached hydrogens (primary N) is 1. The van der Waals surface area contributed by atoms with Crippen molar-refractivity contribution in [1.82, 2.24) is 0 Å². The van der Waals surface area contributed by atoms with Gasteiger partial charge < -0.3 is 16.2 Å². The highest BCUT2D eigenvalue weighted by Crippen LogP contribution is 2.21. The molecule has 4 N–H and O–H groups in total. The number of hydrogen-bond acceptors (Lipinski definition) is 3. The Morgan fingerprint density at radius 2 is 1.86 bits per heavy atom. The summed E-state index contributed by atoms with van der Waals surface area (Å²) in [5.41, 5.74) is 7.10. The maximum absolute atomic E-state index is 11.7. The van der Waals surface area contributed by atoms with Gasteiger partial charge in [-0.25, -0.2) is 0 Å². The number of rotatable bonds is 9. The van der Waals surface area contributed by atoms with Crippen LogP contribution in [0.3, 0.4) is 0 Å². The number of nitrogens with one attached hydrogen (secondary N) is 1. The molecule has 116 valence electrons. The zero-order valence-corrected chi connectivity index (χ0v) is 12.5. The Balaban J connectivity index is 2.43. The lowest BCUT2D eigenvalue weighted by Gasteiger charge is -2.10. The van der Waals surface area contributed by atoms with Crippen LogP contribution < -0.4 is 11.1 Å². The van der Waals surface area contributed by atoms with Crippen molar-refractivity contribution in [2.24, 2.45) is 5.73 Å². The van der Waals surface area contributed by atoms with E-state index in [1.54, 1.807) is 0 Å². The highest BCUT2D eigenvalue weighted by atomic mass is 16.4. The van der Waals surface area contributed by atoms with Crippen molar-refractivity contribution in [1.29, 1.82) is 0 Å². The Hall–Kier alpha value is -1.88. The third kappa shape index (κ3) is 6.90. The first-order valence-electron chi connectivity index (χ1n) is 7.34. The van der Waals surface area contributed by atoms with Crippen LogP contribution >= 0.6 is 0 Å². The first-order valence-corrected chi connectivity index (χ1v) is 7.34. The Morgan fingerprint density at radius 1 is 1.19 bits per heavy atom. The average Bonchev–Trinajstić information content (AvgIpc) is 2.43. The van der Waals surface area contributed by atoms with Crippen molar-refractivity contribution >= 4 is 17.6 Å². The van der Waals surface area contributed by atoms with Gasteiger partial charge in [0.15, 0.2) is 0 Å². The van der Waals surface area contributed by atoms with E-state index in [2.05, 4.69) is 5.32 Å². The smallest absolute Gasteiger partial charge is 0.303 e. The molecule has 1 aromatic carbocycles. The quantitative estimate of drug-likeness (QED) is 0.610. The van der Waals surface area contributed by atoms with Gasteiger partial charge in [-0.15, -0.1) is 0 Å². The number of carboxylic acid groups (broad SMARTS) is 1. The molecular formula is C16H24N2O3. The van der Waals surface area contributed by atoms with Gasteiger partial charge >= 0.3 is 5.97 Å². The van der Waals surface area contributed by atoms with Crippen LogP contribution in [0.4, 0.5) is 5.69 Å². The fourth-order valence-corrected chi connectivity index (χ4v) is 2.10. The largest absolute Gasteiger partial charge is 0.481 e. The average molecular weight is 292 g/mol. The lowest BCUT2D eigenvalue weighted by Crippen LogP contribution is -2.11. The molecule has 0 heterocycles. The molecule has 0 aliphatic heterocycles. The molecule has 0 fully saturated rings. The predicted octanol–water partition coefficient (Wildman–Crippen LogP) is 2.72. The SMILES string of the molecule is CC(CC(=O)O)c1ccc(NC(=O)CCCCCN)cc1.